The minimum absolute atomic E-state index is 0.846. The van der Waals surface area contributed by atoms with E-state index in [2.05, 4.69) is 6.08 Å². The Bertz CT molecular complexity index is 145. The average molecular weight is 137 g/mol. The molecule has 1 heterocycles. The molecule has 1 radical (unpaired) electrons. The molecule has 0 N–H and O–H groups in total. The van der Waals surface area contributed by atoms with Gasteiger partial charge in [0.2, 0.25) is 0 Å². The van der Waals surface area contributed by atoms with E-state index >= 15 is 0 Å². The second-order valence-electron chi connectivity index (χ2n) is 3.01. The highest BCUT2D eigenvalue weighted by atomic mass is 16.5. The Morgan fingerprint density at radius 3 is 2.60 bits per heavy atom. The minimum Gasteiger partial charge on any atom is -0.377 e. The molecule has 1 nitrogen and oxygen atoms in total. The molecule has 1 saturated carbocycles. The van der Waals surface area contributed by atoms with Crippen LogP contribution in [0.5, 0.6) is 0 Å². The molecule has 1 heteroatoms. The molecule has 1 aliphatic heterocycles. The van der Waals surface area contributed by atoms with Gasteiger partial charge in [-0.25, -0.2) is 0 Å². The van der Waals surface area contributed by atoms with E-state index in [9.17, 15) is 0 Å². The van der Waals surface area contributed by atoms with E-state index < -0.39 is 0 Å². The highest BCUT2D eigenvalue weighted by molar-refractivity contribution is 5.28. The van der Waals surface area contributed by atoms with Gasteiger partial charge in [0.15, 0.2) is 0 Å². The monoisotopic (exact) mass is 137 g/mol. The molecular formula is C9H13O. The SMILES string of the molecule is C1=C([C]2CCC2)CCOC1. The molecule has 10 heavy (non-hydrogen) atoms. The first kappa shape index (κ1) is 6.41. The molecule has 1 fully saturated rings. The Hall–Kier alpha value is -0.300. The molecule has 0 aromatic heterocycles. The molecule has 0 aromatic rings. The maximum absolute atomic E-state index is 5.23. The number of rotatable bonds is 1. The van der Waals surface area contributed by atoms with Crippen molar-refractivity contribution in [2.45, 2.75) is 25.7 Å². The van der Waals surface area contributed by atoms with Crippen molar-refractivity contribution in [3.63, 3.8) is 0 Å². The summed E-state index contributed by atoms with van der Waals surface area (Å²) >= 11 is 0. The first-order valence-electron chi connectivity index (χ1n) is 4.08. The molecule has 0 spiro atoms. The van der Waals surface area contributed by atoms with Crippen LogP contribution in [0.4, 0.5) is 0 Å². The van der Waals surface area contributed by atoms with Gasteiger partial charge in [0.1, 0.15) is 0 Å². The third-order valence-corrected chi connectivity index (χ3v) is 2.37. The van der Waals surface area contributed by atoms with E-state index in [1.807, 2.05) is 0 Å². The Labute approximate surface area is 62.1 Å². The fourth-order valence-corrected chi connectivity index (χ4v) is 1.52. The van der Waals surface area contributed by atoms with Gasteiger partial charge in [0.25, 0.3) is 0 Å². The van der Waals surface area contributed by atoms with E-state index in [4.69, 9.17) is 4.74 Å². The van der Waals surface area contributed by atoms with Crippen LogP contribution >= 0.6 is 0 Å². The van der Waals surface area contributed by atoms with Crippen LogP contribution in [0, 0.1) is 5.92 Å². The molecular weight excluding hydrogens is 124 g/mol. The summed E-state index contributed by atoms with van der Waals surface area (Å²) < 4.78 is 5.23. The Balaban J connectivity index is 1.94. The van der Waals surface area contributed by atoms with Gasteiger partial charge in [-0.2, -0.15) is 0 Å². The van der Waals surface area contributed by atoms with Gasteiger partial charge in [0, 0.05) is 5.92 Å². The summed E-state index contributed by atoms with van der Waals surface area (Å²) in [7, 11) is 0. The van der Waals surface area contributed by atoms with Gasteiger partial charge in [-0.05, 0) is 19.3 Å². The van der Waals surface area contributed by atoms with Crippen molar-refractivity contribution in [1.29, 1.82) is 0 Å². The summed E-state index contributed by atoms with van der Waals surface area (Å²) in [4.78, 5) is 0. The lowest BCUT2D eigenvalue weighted by atomic mass is 9.78. The first-order valence-corrected chi connectivity index (χ1v) is 4.08. The number of ether oxygens (including phenoxy) is 1. The lowest BCUT2D eigenvalue weighted by Gasteiger charge is -2.29. The smallest absolute Gasteiger partial charge is 0.0650 e. The van der Waals surface area contributed by atoms with Gasteiger partial charge in [0.05, 0.1) is 13.2 Å². The summed E-state index contributed by atoms with van der Waals surface area (Å²) in [5.74, 6) is 1.70. The van der Waals surface area contributed by atoms with Gasteiger partial charge in [-0.1, -0.05) is 18.1 Å². The molecule has 0 atom stereocenters. The summed E-state index contributed by atoms with van der Waals surface area (Å²) in [6.45, 7) is 1.79. The van der Waals surface area contributed by atoms with Crippen LogP contribution in [-0.2, 0) is 4.74 Å². The second-order valence-corrected chi connectivity index (χ2v) is 3.01. The highest BCUT2D eigenvalue weighted by Crippen LogP contribution is 2.37. The van der Waals surface area contributed by atoms with E-state index in [-0.39, 0.29) is 0 Å². The molecule has 0 amide bonds. The van der Waals surface area contributed by atoms with Crippen molar-refractivity contribution in [1.82, 2.24) is 0 Å². The van der Waals surface area contributed by atoms with Crippen molar-refractivity contribution >= 4 is 0 Å². The van der Waals surface area contributed by atoms with Gasteiger partial charge < -0.3 is 4.74 Å². The van der Waals surface area contributed by atoms with E-state index in [1.54, 1.807) is 11.5 Å². The van der Waals surface area contributed by atoms with Crippen molar-refractivity contribution in [3.8, 4) is 0 Å². The maximum atomic E-state index is 5.23. The van der Waals surface area contributed by atoms with Crippen LogP contribution < -0.4 is 0 Å². The molecule has 55 valence electrons. The molecule has 0 saturated heterocycles. The van der Waals surface area contributed by atoms with Crippen LogP contribution in [0.2, 0.25) is 0 Å². The predicted octanol–water partition coefficient (Wildman–Crippen LogP) is 2.09. The number of hydrogen-bond donors (Lipinski definition) is 0. The van der Waals surface area contributed by atoms with Gasteiger partial charge in [-0.3, -0.25) is 0 Å². The zero-order valence-corrected chi connectivity index (χ0v) is 6.23. The maximum Gasteiger partial charge on any atom is 0.0650 e. The molecule has 2 aliphatic rings. The Kier molecular flexibility index (Phi) is 1.76. The fraction of sp³-hybridized carbons (Fsp3) is 0.667. The highest BCUT2D eigenvalue weighted by Gasteiger charge is 2.22. The van der Waals surface area contributed by atoms with Crippen molar-refractivity contribution in [2.24, 2.45) is 0 Å². The standard InChI is InChI=1S/C9H13O/c1-2-8(3-1)9-4-6-10-7-5-9/h4H,1-3,5-7H2. The first-order chi connectivity index (χ1) is 4.97. The zero-order chi connectivity index (χ0) is 6.81. The Morgan fingerprint density at radius 2 is 2.10 bits per heavy atom. The zero-order valence-electron chi connectivity index (χ0n) is 6.23. The third-order valence-electron chi connectivity index (χ3n) is 2.37. The topological polar surface area (TPSA) is 9.23 Å². The predicted molar refractivity (Wildman–Crippen MR) is 40.6 cm³/mol. The molecule has 2 rings (SSSR count). The molecule has 0 aromatic carbocycles. The fourth-order valence-electron chi connectivity index (χ4n) is 1.52. The lowest BCUT2D eigenvalue weighted by Crippen LogP contribution is -2.16. The third kappa shape index (κ3) is 1.10. The van der Waals surface area contributed by atoms with Crippen LogP contribution in [-0.4, -0.2) is 13.2 Å². The molecule has 1 aliphatic carbocycles. The van der Waals surface area contributed by atoms with Crippen molar-refractivity contribution in [3.05, 3.63) is 17.6 Å². The van der Waals surface area contributed by atoms with E-state index in [0.717, 1.165) is 19.6 Å². The van der Waals surface area contributed by atoms with Crippen LogP contribution in [0.3, 0.4) is 0 Å². The van der Waals surface area contributed by atoms with Crippen LogP contribution in [0.25, 0.3) is 0 Å². The number of hydrogen-bond acceptors (Lipinski definition) is 1. The second kappa shape index (κ2) is 2.75. The van der Waals surface area contributed by atoms with Crippen LogP contribution in [0.15, 0.2) is 11.6 Å². The minimum atomic E-state index is 0.846. The van der Waals surface area contributed by atoms with Crippen molar-refractivity contribution in [2.75, 3.05) is 13.2 Å². The summed E-state index contributed by atoms with van der Waals surface area (Å²) in [5.41, 5.74) is 1.59. The van der Waals surface area contributed by atoms with E-state index in [1.165, 1.54) is 19.3 Å². The largest absolute Gasteiger partial charge is 0.377 e. The quantitative estimate of drug-likeness (QED) is 0.537. The van der Waals surface area contributed by atoms with E-state index in [0.29, 0.717) is 0 Å². The summed E-state index contributed by atoms with van der Waals surface area (Å²) in [6, 6.07) is 0. The summed E-state index contributed by atoms with van der Waals surface area (Å²) in [5, 5.41) is 0. The van der Waals surface area contributed by atoms with Crippen LogP contribution in [0.1, 0.15) is 25.7 Å². The molecule has 0 bridgehead atoms. The average Bonchev–Trinajstić information content (AvgIpc) is 1.86. The van der Waals surface area contributed by atoms with Crippen molar-refractivity contribution < 1.29 is 4.74 Å². The van der Waals surface area contributed by atoms with Gasteiger partial charge >= 0.3 is 0 Å². The normalized spacial score (nSPS) is 27.4. The van der Waals surface area contributed by atoms with Gasteiger partial charge in [-0.15, -0.1) is 0 Å². The molecule has 0 unspecified atom stereocenters. The Morgan fingerprint density at radius 1 is 1.20 bits per heavy atom. The summed E-state index contributed by atoms with van der Waals surface area (Å²) in [6.07, 6.45) is 7.53. The lowest BCUT2D eigenvalue weighted by molar-refractivity contribution is 0.153.